The van der Waals surface area contributed by atoms with Crippen LogP contribution in [0.25, 0.3) is 0 Å². The molecule has 0 N–H and O–H groups in total. The topological polar surface area (TPSA) is 81.5 Å². The molecule has 4 rings (SSSR count). The number of rotatable bonds is 3. The lowest BCUT2D eigenvalue weighted by atomic mass is 9.89. The highest BCUT2D eigenvalue weighted by Gasteiger charge is 2.36. The summed E-state index contributed by atoms with van der Waals surface area (Å²) >= 11 is 0. The maximum absolute atomic E-state index is 13.3. The first-order valence-corrected chi connectivity index (χ1v) is 11.8. The molecule has 156 valence electrons. The number of carbonyl (C=O) groups is 1. The van der Waals surface area contributed by atoms with Gasteiger partial charge in [0, 0.05) is 31.2 Å². The summed E-state index contributed by atoms with van der Waals surface area (Å²) < 4.78 is 27.5. The van der Waals surface area contributed by atoms with Crippen molar-refractivity contribution in [1.29, 1.82) is 5.26 Å². The van der Waals surface area contributed by atoms with Crippen LogP contribution in [0.2, 0.25) is 0 Å². The van der Waals surface area contributed by atoms with Crippen molar-refractivity contribution >= 4 is 21.6 Å². The van der Waals surface area contributed by atoms with E-state index in [1.54, 1.807) is 12.1 Å². The molecule has 0 radical (unpaired) electrons. The van der Waals surface area contributed by atoms with Crippen LogP contribution in [0.15, 0.2) is 53.4 Å². The monoisotopic (exact) mass is 423 g/mol. The van der Waals surface area contributed by atoms with Crippen molar-refractivity contribution in [2.45, 2.75) is 37.0 Å². The van der Waals surface area contributed by atoms with Crippen molar-refractivity contribution in [3.05, 3.63) is 59.7 Å². The smallest absolute Gasteiger partial charge is 0.244 e. The van der Waals surface area contributed by atoms with Gasteiger partial charge in [-0.2, -0.15) is 9.57 Å². The summed E-state index contributed by atoms with van der Waals surface area (Å²) in [4.78, 5) is 15.2. The highest BCUT2D eigenvalue weighted by molar-refractivity contribution is 7.89. The Labute approximate surface area is 177 Å². The third kappa shape index (κ3) is 3.62. The second kappa shape index (κ2) is 8.21. The number of hydrogen-bond donors (Lipinski definition) is 0. The number of hydrogen-bond acceptors (Lipinski definition) is 4. The molecule has 0 aromatic heterocycles. The molecule has 0 bridgehead atoms. The number of nitrogens with zero attached hydrogens (tertiary/aromatic N) is 3. The number of benzene rings is 2. The minimum absolute atomic E-state index is 0.0382. The van der Waals surface area contributed by atoms with Crippen LogP contribution in [-0.2, 0) is 14.8 Å². The largest absolute Gasteiger partial charge is 0.312 e. The molecule has 1 saturated heterocycles. The molecule has 2 aromatic carbocycles. The highest BCUT2D eigenvalue weighted by Crippen LogP contribution is 2.36. The van der Waals surface area contributed by atoms with Gasteiger partial charge in [0.2, 0.25) is 15.9 Å². The summed E-state index contributed by atoms with van der Waals surface area (Å²) in [5.41, 5.74) is 2.33. The Morgan fingerprint density at radius 1 is 1.00 bits per heavy atom. The zero-order valence-corrected chi connectivity index (χ0v) is 17.8. The number of fused-ring (bicyclic) bond motifs is 1. The van der Waals surface area contributed by atoms with Gasteiger partial charge in [0.15, 0.2) is 0 Å². The predicted octanol–water partition coefficient (Wildman–Crippen LogP) is 3.50. The summed E-state index contributed by atoms with van der Waals surface area (Å²) in [6, 6.07) is 16.3. The van der Waals surface area contributed by atoms with Gasteiger partial charge in [-0.1, -0.05) is 37.3 Å². The third-order valence-electron chi connectivity index (χ3n) is 6.24. The normalized spacial score (nSPS) is 20.4. The van der Waals surface area contributed by atoms with Gasteiger partial charge in [-0.15, -0.1) is 0 Å². The molecule has 30 heavy (non-hydrogen) atoms. The number of piperidine rings is 1. The minimum Gasteiger partial charge on any atom is -0.312 e. The molecule has 2 aromatic rings. The second-order valence-corrected chi connectivity index (χ2v) is 9.93. The van der Waals surface area contributed by atoms with E-state index in [0.29, 0.717) is 25.3 Å². The first-order valence-electron chi connectivity index (χ1n) is 10.3. The van der Waals surface area contributed by atoms with E-state index in [0.717, 1.165) is 12.1 Å². The molecule has 1 fully saturated rings. The van der Waals surface area contributed by atoms with E-state index in [-0.39, 0.29) is 35.4 Å². The fourth-order valence-corrected chi connectivity index (χ4v) is 6.08. The molecule has 7 heteroatoms. The van der Waals surface area contributed by atoms with Crippen molar-refractivity contribution in [3.8, 4) is 6.07 Å². The first-order chi connectivity index (χ1) is 14.4. The van der Waals surface area contributed by atoms with Gasteiger partial charge in [-0.05, 0) is 48.9 Å². The first kappa shape index (κ1) is 20.6. The molecule has 0 aliphatic carbocycles. The fourth-order valence-electron chi connectivity index (χ4n) is 4.46. The van der Waals surface area contributed by atoms with Crippen LogP contribution in [0.1, 0.15) is 43.2 Å². The summed E-state index contributed by atoms with van der Waals surface area (Å²) in [5.74, 6) is 0.324. The summed E-state index contributed by atoms with van der Waals surface area (Å²) in [6.07, 6.45) is 1.91. The number of nitriles is 1. The Bertz CT molecular complexity index is 1100. The zero-order chi connectivity index (χ0) is 21.3. The van der Waals surface area contributed by atoms with Gasteiger partial charge >= 0.3 is 0 Å². The third-order valence-corrected chi connectivity index (χ3v) is 8.20. The SMILES string of the molecule is CC1CCN(C(=O)C2CCN(S(=O)(=O)c3ccccc3C#N)CC2)c2ccccc21. The number of para-hydroxylation sites is 1. The summed E-state index contributed by atoms with van der Waals surface area (Å²) in [5, 5.41) is 9.25. The lowest BCUT2D eigenvalue weighted by Gasteiger charge is -2.37. The van der Waals surface area contributed by atoms with Crippen LogP contribution in [-0.4, -0.2) is 38.3 Å². The molecule has 0 saturated carbocycles. The lowest BCUT2D eigenvalue weighted by molar-refractivity contribution is -0.123. The van der Waals surface area contributed by atoms with Crippen LogP contribution >= 0.6 is 0 Å². The Morgan fingerprint density at radius 3 is 2.40 bits per heavy atom. The van der Waals surface area contributed by atoms with Crippen molar-refractivity contribution in [3.63, 3.8) is 0 Å². The van der Waals surface area contributed by atoms with E-state index in [2.05, 4.69) is 13.0 Å². The van der Waals surface area contributed by atoms with Crippen molar-refractivity contribution in [1.82, 2.24) is 4.31 Å². The number of anilines is 1. The van der Waals surface area contributed by atoms with Crippen LogP contribution in [0.4, 0.5) is 5.69 Å². The van der Waals surface area contributed by atoms with Gasteiger partial charge in [-0.3, -0.25) is 4.79 Å². The van der Waals surface area contributed by atoms with E-state index in [1.165, 1.54) is 22.0 Å². The quantitative estimate of drug-likeness (QED) is 0.757. The van der Waals surface area contributed by atoms with Crippen LogP contribution in [0, 0.1) is 17.2 Å². The van der Waals surface area contributed by atoms with Crippen molar-refractivity contribution < 1.29 is 13.2 Å². The summed E-state index contributed by atoms with van der Waals surface area (Å²) in [7, 11) is -3.75. The Hall–Kier alpha value is -2.69. The Morgan fingerprint density at radius 2 is 1.67 bits per heavy atom. The fraction of sp³-hybridized carbons (Fsp3) is 0.391. The van der Waals surface area contributed by atoms with E-state index < -0.39 is 10.0 Å². The predicted molar refractivity (Wildman–Crippen MR) is 114 cm³/mol. The molecule has 6 nitrogen and oxygen atoms in total. The molecular weight excluding hydrogens is 398 g/mol. The molecule has 2 aliphatic rings. The van der Waals surface area contributed by atoms with Crippen molar-refractivity contribution in [2.24, 2.45) is 5.92 Å². The van der Waals surface area contributed by atoms with Crippen LogP contribution in [0.5, 0.6) is 0 Å². The zero-order valence-electron chi connectivity index (χ0n) is 17.0. The molecule has 2 aliphatic heterocycles. The standard InChI is InChI=1S/C23H25N3O3S/c1-17-10-15-26(21-8-4-3-7-20(17)21)23(27)18-11-13-25(14-12-18)30(28,29)22-9-5-2-6-19(22)16-24/h2-9,17-18H,10-15H2,1H3. The molecule has 1 amide bonds. The van der Waals surface area contributed by atoms with Gasteiger partial charge in [0.05, 0.1) is 10.5 Å². The van der Waals surface area contributed by atoms with E-state index in [1.807, 2.05) is 29.2 Å². The van der Waals surface area contributed by atoms with E-state index in [4.69, 9.17) is 0 Å². The van der Waals surface area contributed by atoms with Gasteiger partial charge < -0.3 is 4.90 Å². The lowest BCUT2D eigenvalue weighted by Crippen LogP contribution is -2.46. The summed E-state index contributed by atoms with van der Waals surface area (Å²) in [6.45, 7) is 3.45. The van der Waals surface area contributed by atoms with E-state index in [9.17, 15) is 18.5 Å². The molecular formula is C23H25N3O3S. The maximum Gasteiger partial charge on any atom is 0.244 e. The van der Waals surface area contributed by atoms with Crippen LogP contribution in [0.3, 0.4) is 0 Å². The van der Waals surface area contributed by atoms with Crippen molar-refractivity contribution in [2.75, 3.05) is 24.5 Å². The molecule has 1 unspecified atom stereocenters. The average molecular weight is 424 g/mol. The maximum atomic E-state index is 13.3. The number of carbonyl (C=O) groups excluding carboxylic acids is 1. The molecule has 2 heterocycles. The van der Waals surface area contributed by atoms with E-state index >= 15 is 0 Å². The van der Waals surface area contributed by atoms with Gasteiger partial charge in [-0.25, -0.2) is 8.42 Å². The van der Waals surface area contributed by atoms with Crippen LogP contribution < -0.4 is 4.90 Å². The van der Waals surface area contributed by atoms with Gasteiger partial charge in [0.25, 0.3) is 0 Å². The molecule has 0 spiro atoms. The highest BCUT2D eigenvalue weighted by atomic mass is 32.2. The number of sulfonamides is 1. The minimum atomic E-state index is -3.75. The Kier molecular flexibility index (Phi) is 5.63. The average Bonchev–Trinajstić information content (AvgIpc) is 2.79. The van der Waals surface area contributed by atoms with Gasteiger partial charge in [0.1, 0.15) is 6.07 Å². The molecule has 1 atom stereocenters. The second-order valence-electron chi connectivity index (χ2n) is 8.02. The Balaban J connectivity index is 1.48. The number of amides is 1.